The maximum atomic E-state index is 13.9. The SMILES string of the molecule is CCOC(=O)C1=C(C)N=c2s/c(=C\c3ccc(OC)cc3C)c(=O)n2[C@@H]1c1cccc(OC)c1OCC. The number of hydrogen-bond acceptors (Lipinski definition) is 8. The monoisotopic (exact) mass is 522 g/mol. The van der Waals surface area contributed by atoms with Gasteiger partial charge in [-0.3, -0.25) is 9.36 Å². The maximum absolute atomic E-state index is 13.9. The Bertz CT molecular complexity index is 1550. The summed E-state index contributed by atoms with van der Waals surface area (Å²) >= 11 is 1.27. The Morgan fingerprint density at radius 3 is 2.54 bits per heavy atom. The van der Waals surface area contributed by atoms with E-state index in [0.29, 0.717) is 38.7 Å². The molecule has 0 N–H and O–H groups in total. The number of aromatic nitrogens is 1. The van der Waals surface area contributed by atoms with Gasteiger partial charge in [0.05, 0.1) is 43.2 Å². The predicted molar refractivity (Wildman–Crippen MR) is 142 cm³/mol. The van der Waals surface area contributed by atoms with Crippen molar-refractivity contribution in [2.45, 2.75) is 33.7 Å². The molecule has 1 aliphatic heterocycles. The van der Waals surface area contributed by atoms with Crippen molar-refractivity contribution in [3.05, 3.63) is 84.0 Å². The van der Waals surface area contributed by atoms with Gasteiger partial charge in [0, 0.05) is 5.56 Å². The summed E-state index contributed by atoms with van der Waals surface area (Å²) in [5, 5.41) is 0. The van der Waals surface area contributed by atoms with Crippen molar-refractivity contribution in [2.75, 3.05) is 27.4 Å². The zero-order valence-electron chi connectivity index (χ0n) is 21.8. The van der Waals surface area contributed by atoms with Crippen LogP contribution >= 0.6 is 11.3 Å². The summed E-state index contributed by atoms with van der Waals surface area (Å²) in [5.41, 5.74) is 2.99. The lowest BCUT2D eigenvalue weighted by Gasteiger charge is -2.26. The largest absolute Gasteiger partial charge is 0.497 e. The van der Waals surface area contributed by atoms with Gasteiger partial charge in [-0.2, -0.15) is 0 Å². The van der Waals surface area contributed by atoms with Crippen LogP contribution in [0.3, 0.4) is 0 Å². The fraction of sp³-hybridized carbons (Fsp3) is 0.321. The quantitative estimate of drug-likeness (QED) is 0.421. The Labute approximate surface area is 219 Å². The summed E-state index contributed by atoms with van der Waals surface area (Å²) in [6.07, 6.45) is 1.84. The number of thiazole rings is 1. The average Bonchev–Trinajstić information content (AvgIpc) is 3.19. The van der Waals surface area contributed by atoms with Gasteiger partial charge >= 0.3 is 5.97 Å². The van der Waals surface area contributed by atoms with E-state index in [9.17, 15) is 9.59 Å². The minimum absolute atomic E-state index is 0.194. The molecule has 1 aliphatic rings. The number of hydrogen-bond donors (Lipinski definition) is 0. The zero-order valence-corrected chi connectivity index (χ0v) is 22.6. The van der Waals surface area contributed by atoms with E-state index in [0.717, 1.165) is 16.9 Å². The average molecular weight is 523 g/mol. The van der Waals surface area contributed by atoms with Gasteiger partial charge in [-0.05, 0) is 63.1 Å². The van der Waals surface area contributed by atoms with Crippen molar-refractivity contribution >= 4 is 23.4 Å². The first-order chi connectivity index (χ1) is 17.8. The first-order valence-corrected chi connectivity index (χ1v) is 12.8. The highest BCUT2D eigenvalue weighted by molar-refractivity contribution is 7.07. The molecule has 1 atom stereocenters. The summed E-state index contributed by atoms with van der Waals surface area (Å²) in [5.74, 6) is 1.19. The molecular formula is C28H30N2O6S. The molecule has 37 heavy (non-hydrogen) atoms. The Morgan fingerprint density at radius 1 is 1.11 bits per heavy atom. The van der Waals surface area contributed by atoms with Crippen LogP contribution in [0.25, 0.3) is 6.08 Å². The molecule has 0 amide bonds. The highest BCUT2D eigenvalue weighted by Crippen LogP contribution is 2.40. The third-order valence-corrected chi connectivity index (χ3v) is 7.08. The van der Waals surface area contributed by atoms with E-state index in [1.165, 1.54) is 11.3 Å². The lowest BCUT2D eigenvalue weighted by atomic mass is 9.94. The van der Waals surface area contributed by atoms with Gasteiger partial charge in [0.2, 0.25) is 0 Å². The Balaban J connectivity index is 2.01. The van der Waals surface area contributed by atoms with E-state index in [4.69, 9.17) is 18.9 Å². The number of allylic oxidation sites excluding steroid dienone is 1. The van der Waals surface area contributed by atoms with Crippen LogP contribution in [0.5, 0.6) is 17.2 Å². The number of nitrogens with zero attached hydrogens (tertiary/aromatic N) is 2. The van der Waals surface area contributed by atoms with Crippen LogP contribution in [0.1, 0.15) is 43.5 Å². The minimum Gasteiger partial charge on any atom is -0.497 e. The summed E-state index contributed by atoms with van der Waals surface area (Å²) in [4.78, 5) is 32.2. The molecule has 2 aromatic carbocycles. The third-order valence-electron chi connectivity index (χ3n) is 6.09. The second-order valence-electron chi connectivity index (χ2n) is 8.34. The van der Waals surface area contributed by atoms with Crippen LogP contribution in [0.2, 0.25) is 0 Å². The molecule has 0 spiro atoms. The Hall–Kier alpha value is -3.85. The number of esters is 1. The first-order valence-electron chi connectivity index (χ1n) is 12.0. The van der Waals surface area contributed by atoms with Crippen LogP contribution < -0.4 is 29.1 Å². The summed E-state index contributed by atoms with van der Waals surface area (Å²) < 4.78 is 24.3. The molecule has 8 nitrogen and oxygen atoms in total. The van der Waals surface area contributed by atoms with Gasteiger partial charge in [0.15, 0.2) is 16.3 Å². The highest BCUT2D eigenvalue weighted by Gasteiger charge is 2.35. The molecule has 194 valence electrons. The number of carbonyl (C=O) groups excluding carboxylic acids is 1. The van der Waals surface area contributed by atoms with E-state index < -0.39 is 12.0 Å². The van der Waals surface area contributed by atoms with Crippen LogP contribution in [0.4, 0.5) is 0 Å². The molecule has 0 bridgehead atoms. The second-order valence-corrected chi connectivity index (χ2v) is 9.35. The van der Waals surface area contributed by atoms with Crippen LogP contribution in [0.15, 0.2) is 57.5 Å². The molecule has 1 aromatic heterocycles. The van der Waals surface area contributed by atoms with Gasteiger partial charge < -0.3 is 18.9 Å². The Morgan fingerprint density at radius 2 is 1.89 bits per heavy atom. The third kappa shape index (κ3) is 4.91. The van der Waals surface area contributed by atoms with E-state index in [-0.39, 0.29) is 17.7 Å². The lowest BCUT2D eigenvalue weighted by molar-refractivity contribution is -0.139. The smallest absolute Gasteiger partial charge is 0.338 e. The zero-order chi connectivity index (χ0) is 26.7. The van der Waals surface area contributed by atoms with Gasteiger partial charge in [0.1, 0.15) is 11.8 Å². The molecule has 0 aliphatic carbocycles. The van der Waals surface area contributed by atoms with Gasteiger partial charge in [-0.15, -0.1) is 0 Å². The van der Waals surface area contributed by atoms with Crippen molar-refractivity contribution in [3.8, 4) is 17.2 Å². The lowest BCUT2D eigenvalue weighted by Crippen LogP contribution is -2.40. The summed E-state index contributed by atoms with van der Waals surface area (Å²) in [6.45, 7) is 7.90. The highest BCUT2D eigenvalue weighted by atomic mass is 32.1. The fourth-order valence-electron chi connectivity index (χ4n) is 4.37. The van der Waals surface area contributed by atoms with Gasteiger partial charge in [-0.25, -0.2) is 9.79 Å². The van der Waals surface area contributed by atoms with Gasteiger partial charge in [-0.1, -0.05) is 29.5 Å². The van der Waals surface area contributed by atoms with E-state index in [1.807, 2.05) is 50.3 Å². The number of para-hydroxylation sites is 1. The van der Waals surface area contributed by atoms with Crippen LogP contribution in [0, 0.1) is 6.92 Å². The molecule has 0 saturated heterocycles. The van der Waals surface area contributed by atoms with Crippen molar-refractivity contribution in [2.24, 2.45) is 4.99 Å². The molecule has 2 heterocycles. The van der Waals surface area contributed by atoms with E-state index >= 15 is 0 Å². The Kier molecular flexibility index (Phi) is 7.83. The normalized spacial score (nSPS) is 15.2. The summed E-state index contributed by atoms with van der Waals surface area (Å²) in [6, 6.07) is 10.3. The van der Waals surface area contributed by atoms with Crippen molar-refractivity contribution in [1.82, 2.24) is 4.57 Å². The van der Waals surface area contributed by atoms with E-state index in [1.54, 1.807) is 38.7 Å². The molecule has 0 unspecified atom stereocenters. The molecule has 0 radical (unpaired) electrons. The molecule has 9 heteroatoms. The molecule has 4 rings (SSSR count). The van der Waals surface area contributed by atoms with E-state index in [2.05, 4.69) is 4.99 Å². The van der Waals surface area contributed by atoms with Crippen LogP contribution in [-0.2, 0) is 9.53 Å². The fourth-order valence-corrected chi connectivity index (χ4v) is 5.41. The number of ether oxygens (including phenoxy) is 4. The molecular weight excluding hydrogens is 492 g/mol. The number of benzene rings is 2. The van der Waals surface area contributed by atoms with Crippen molar-refractivity contribution < 1.29 is 23.7 Å². The number of aryl methyl sites for hydroxylation is 1. The van der Waals surface area contributed by atoms with Crippen LogP contribution in [-0.4, -0.2) is 38.0 Å². The number of rotatable bonds is 8. The first kappa shape index (κ1) is 26.2. The number of carbonyl (C=O) groups is 1. The standard InChI is InChI=1S/C28H30N2O6S/c1-7-35-25-20(10-9-11-21(25)34-6)24-23(27(32)36-8-2)17(4)29-28-30(24)26(31)22(37-28)15-18-12-13-19(33-5)14-16(18)3/h9-15,24H,7-8H2,1-6H3/b22-15-/t24-/m1/s1. The predicted octanol–water partition coefficient (Wildman–Crippen LogP) is 3.52. The van der Waals surface area contributed by atoms with Gasteiger partial charge in [0.25, 0.3) is 5.56 Å². The number of methoxy groups -OCH3 is 2. The topological polar surface area (TPSA) is 88.4 Å². The molecule has 0 fully saturated rings. The summed E-state index contributed by atoms with van der Waals surface area (Å²) in [7, 11) is 3.17. The molecule has 0 saturated carbocycles. The minimum atomic E-state index is -0.800. The number of fused-ring (bicyclic) bond motifs is 1. The molecule has 3 aromatic rings. The second kappa shape index (κ2) is 11.0. The van der Waals surface area contributed by atoms with Crippen molar-refractivity contribution in [3.63, 3.8) is 0 Å². The van der Waals surface area contributed by atoms with Crippen molar-refractivity contribution in [1.29, 1.82) is 0 Å². The maximum Gasteiger partial charge on any atom is 0.338 e.